The predicted octanol–water partition coefficient (Wildman–Crippen LogP) is 4.15. The maximum atomic E-state index is 13.3. The van der Waals surface area contributed by atoms with Crippen molar-refractivity contribution in [1.29, 1.82) is 5.26 Å². The van der Waals surface area contributed by atoms with Gasteiger partial charge in [0.2, 0.25) is 0 Å². The molecule has 1 aromatic heterocycles. The summed E-state index contributed by atoms with van der Waals surface area (Å²) < 4.78 is 26.6. The number of carbonyl (C=O) groups is 3. The molecule has 0 unspecified atom stereocenters. The van der Waals surface area contributed by atoms with E-state index in [1.54, 1.807) is 17.0 Å². The highest BCUT2D eigenvalue weighted by Gasteiger charge is 2.33. The number of hydrogen-bond acceptors (Lipinski definition) is 6. The number of hydrogen-bond donors (Lipinski definition) is 1. The number of Topliss-reactive ketones (excluding diaryl/α,β-unsaturated/α-hetero) is 1. The fraction of sp³-hybridized carbons (Fsp3) is 0.406. The molecule has 3 aliphatic rings. The third-order valence-electron chi connectivity index (χ3n) is 8.22. The van der Waals surface area contributed by atoms with E-state index in [1.165, 1.54) is 18.3 Å². The zero-order valence-electron chi connectivity index (χ0n) is 23.2. The average Bonchev–Trinajstić information content (AvgIpc) is 3.02. The SMILES string of the molecule is N#Cc1ccc(CN2CCC(NC(=O)c3ccc(C(=O)N4CCC(C(=O)C5C=CC(F)(F)C=C5)CC4)cn3)CC2)cc1. The quantitative estimate of drug-likeness (QED) is 0.499. The minimum atomic E-state index is -3.01. The molecule has 218 valence electrons. The van der Waals surface area contributed by atoms with Crippen molar-refractivity contribution in [3.05, 3.63) is 89.3 Å². The highest BCUT2D eigenvalue weighted by molar-refractivity contribution is 5.96. The van der Waals surface area contributed by atoms with E-state index >= 15 is 0 Å². The van der Waals surface area contributed by atoms with Crippen molar-refractivity contribution in [2.75, 3.05) is 26.2 Å². The summed E-state index contributed by atoms with van der Waals surface area (Å²) in [5, 5.41) is 12.0. The molecule has 0 spiro atoms. The number of nitriles is 1. The van der Waals surface area contributed by atoms with Gasteiger partial charge in [0.05, 0.1) is 23.1 Å². The van der Waals surface area contributed by atoms with Crippen molar-refractivity contribution in [3.63, 3.8) is 0 Å². The van der Waals surface area contributed by atoms with Crippen LogP contribution in [-0.4, -0.2) is 70.5 Å². The molecule has 2 fully saturated rings. The van der Waals surface area contributed by atoms with Crippen molar-refractivity contribution < 1.29 is 23.2 Å². The van der Waals surface area contributed by atoms with Crippen LogP contribution in [0.2, 0.25) is 0 Å². The summed E-state index contributed by atoms with van der Waals surface area (Å²) in [5.41, 5.74) is 2.41. The van der Waals surface area contributed by atoms with E-state index in [-0.39, 0.29) is 35.3 Å². The molecule has 1 aromatic carbocycles. The average molecular weight is 574 g/mol. The second-order valence-corrected chi connectivity index (χ2v) is 11.2. The van der Waals surface area contributed by atoms with Crippen molar-refractivity contribution in [3.8, 4) is 6.07 Å². The molecule has 1 N–H and O–H groups in total. The summed E-state index contributed by atoms with van der Waals surface area (Å²) in [4.78, 5) is 46.8. The van der Waals surface area contributed by atoms with Crippen molar-refractivity contribution in [2.24, 2.45) is 11.8 Å². The number of piperidine rings is 2. The topological polar surface area (TPSA) is 106 Å². The molecule has 10 heteroatoms. The van der Waals surface area contributed by atoms with Crippen LogP contribution in [0.25, 0.3) is 0 Å². The van der Waals surface area contributed by atoms with E-state index in [2.05, 4.69) is 21.3 Å². The second-order valence-electron chi connectivity index (χ2n) is 11.2. The van der Waals surface area contributed by atoms with E-state index in [0.29, 0.717) is 37.1 Å². The second kappa shape index (κ2) is 12.7. The zero-order chi connectivity index (χ0) is 29.7. The van der Waals surface area contributed by atoms with Crippen LogP contribution in [0.1, 0.15) is 57.7 Å². The van der Waals surface area contributed by atoms with Crippen LogP contribution in [0.3, 0.4) is 0 Å². The summed E-state index contributed by atoms with van der Waals surface area (Å²) in [5.74, 6) is -4.54. The summed E-state index contributed by atoms with van der Waals surface area (Å²) in [6.45, 7) is 3.26. The van der Waals surface area contributed by atoms with Crippen LogP contribution in [0.5, 0.6) is 0 Å². The number of rotatable bonds is 7. The van der Waals surface area contributed by atoms with E-state index in [4.69, 9.17) is 5.26 Å². The number of carbonyl (C=O) groups excluding carboxylic acids is 3. The highest BCUT2D eigenvalue weighted by atomic mass is 19.3. The standard InChI is InChI=1S/C32H33F2N5O3/c33-32(34)13-7-24(8-14-32)29(40)25-9-17-39(18-10-25)31(42)26-5-6-28(36-20-26)30(41)37-27-11-15-38(16-12-27)21-23-3-1-22(19-35)2-4-23/h1-8,13-14,20,24-25,27H,9-12,15-18,21H2,(H,37,41). The number of alkyl halides is 2. The number of aromatic nitrogens is 1. The Morgan fingerprint density at radius 1 is 0.952 bits per heavy atom. The Hall–Kier alpha value is -4.23. The molecular weight excluding hydrogens is 540 g/mol. The Morgan fingerprint density at radius 3 is 2.21 bits per heavy atom. The molecule has 3 heterocycles. The molecule has 5 rings (SSSR count). The Labute approximate surface area is 243 Å². The lowest BCUT2D eigenvalue weighted by molar-refractivity contribution is -0.125. The largest absolute Gasteiger partial charge is 0.348 e. The smallest absolute Gasteiger partial charge is 0.284 e. The third kappa shape index (κ3) is 7.15. The van der Waals surface area contributed by atoms with Crippen LogP contribution in [0, 0.1) is 23.2 Å². The van der Waals surface area contributed by atoms with E-state index in [1.807, 2.05) is 24.3 Å². The monoisotopic (exact) mass is 573 g/mol. The molecule has 42 heavy (non-hydrogen) atoms. The minimum Gasteiger partial charge on any atom is -0.348 e. The van der Waals surface area contributed by atoms with E-state index in [0.717, 1.165) is 50.2 Å². The van der Waals surface area contributed by atoms with E-state index in [9.17, 15) is 23.2 Å². The van der Waals surface area contributed by atoms with Crippen LogP contribution >= 0.6 is 0 Å². The number of amides is 2. The number of nitrogens with zero attached hydrogens (tertiary/aromatic N) is 4. The van der Waals surface area contributed by atoms with Gasteiger partial charge in [-0.2, -0.15) is 14.0 Å². The fourth-order valence-electron chi connectivity index (χ4n) is 5.69. The van der Waals surface area contributed by atoms with E-state index < -0.39 is 11.8 Å². The lowest BCUT2D eigenvalue weighted by atomic mass is 9.84. The van der Waals surface area contributed by atoms with Crippen LogP contribution in [0.15, 0.2) is 66.9 Å². The van der Waals surface area contributed by atoms with Gasteiger partial charge in [0.15, 0.2) is 0 Å². The van der Waals surface area contributed by atoms with Crippen molar-refractivity contribution in [2.45, 2.75) is 44.2 Å². The van der Waals surface area contributed by atoms with Crippen LogP contribution in [-0.2, 0) is 11.3 Å². The van der Waals surface area contributed by atoms with Gasteiger partial charge < -0.3 is 10.2 Å². The number of nitrogens with one attached hydrogen (secondary N) is 1. The molecule has 8 nitrogen and oxygen atoms in total. The lowest BCUT2D eigenvalue weighted by Crippen LogP contribution is -2.44. The van der Waals surface area contributed by atoms with Gasteiger partial charge in [0, 0.05) is 50.9 Å². The summed E-state index contributed by atoms with van der Waals surface area (Å²) in [7, 11) is 0. The highest BCUT2D eigenvalue weighted by Crippen LogP contribution is 2.29. The summed E-state index contributed by atoms with van der Waals surface area (Å²) >= 11 is 0. The zero-order valence-corrected chi connectivity index (χ0v) is 23.2. The normalized spacial score (nSPS) is 19.8. The first kappa shape index (κ1) is 29.3. The molecule has 2 amide bonds. The number of likely N-dealkylation sites (tertiary alicyclic amines) is 2. The molecule has 0 saturated carbocycles. The van der Waals surface area contributed by atoms with Crippen LogP contribution in [0.4, 0.5) is 8.78 Å². The molecule has 0 bridgehead atoms. The molecule has 1 aliphatic carbocycles. The fourth-order valence-corrected chi connectivity index (χ4v) is 5.69. The molecule has 2 aliphatic heterocycles. The molecular formula is C32H33F2N5O3. The van der Waals surface area contributed by atoms with Gasteiger partial charge in [-0.1, -0.05) is 24.3 Å². The molecule has 2 aromatic rings. The Kier molecular flexibility index (Phi) is 8.88. The minimum absolute atomic E-state index is 0.0397. The molecule has 0 radical (unpaired) electrons. The maximum absolute atomic E-state index is 13.3. The number of allylic oxidation sites excluding steroid dienone is 4. The van der Waals surface area contributed by atoms with Gasteiger partial charge in [-0.05, 0) is 67.7 Å². The van der Waals surface area contributed by atoms with Crippen molar-refractivity contribution >= 4 is 17.6 Å². The number of halogens is 2. The van der Waals surface area contributed by atoms with Gasteiger partial charge in [0.25, 0.3) is 17.7 Å². The van der Waals surface area contributed by atoms with Gasteiger partial charge in [-0.15, -0.1) is 0 Å². The first-order chi connectivity index (χ1) is 20.2. The van der Waals surface area contributed by atoms with Gasteiger partial charge in [0.1, 0.15) is 11.5 Å². The van der Waals surface area contributed by atoms with Gasteiger partial charge >= 0.3 is 0 Å². The number of ketones is 1. The number of benzene rings is 1. The molecule has 0 atom stereocenters. The Balaban J connectivity index is 1.06. The van der Waals surface area contributed by atoms with Crippen molar-refractivity contribution in [1.82, 2.24) is 20.1 Å². The summed E-state index contributed by atoms with van der Waals surface area (Å²) in [6.07, 6.45) is 8.01. The Morgan fingerprint density at radius 2 is 1.62 bits per heavy atom. The first-order valence-corrected chi connectivity index (χ1v) is 14.3. The first-order valence-electron chi connectivity index (χ1n) is 14.3. The van der Waals surface area contributed by atoms with Gasteiger partial charge in [-0.3, -0.25) is 24.3 Å². The molecule has 2 saturated heterocycles. The van der Waals surface area contributed by atoms with Crippen LogP contribution < -0.4 is 5.32 Å². The van der Waals surface area contributed by atoms with Gasteiger partial charge in [-0.25, -0.2) is 0 Å². The maximum Gasteiger partial charge on any atom is 0.284 e. The lowest BCUT2D eigenvalue weighted by Gasteiger charge is -2.32. The number of pyridine rings is 1. The predicted molar refractivity (Wildman–Crippen MR) is 152 cm³/mol. The summed E-state index contributed by atoms with van der Waals surface area (Å²) in [6, 6.07) is 12.9. The third-order valence-corrected chi connectivity index (χ3v) is 8.22. The Bertz CT molecular complexity index is 1380.